The van der Waals surface area contributed by atoms with Crippen LogP contribution in [-0.4, -0.2) is 5.11 Å². The van der Waals surface area contributed by atoms with Crippen LogP contribution in [-0.2, 0) is 0 Å². The van der Waals surface area contributed by atoms with Gasteiger partial charge in [0.15, 0.2) is 11.6 Å². The highest BCUT2D eigenvalue weighted by Crippen LogP contribution is 2.27. The molecule has 18 heavy (non-hydrogen) atoms. The normalized spacial score (nSPS) is 12.5. The molecule has 0 heterocycles. The monoisotopic (exact) mass is 316 g/mol. The van der Waals surface area contributed by atoms with Crippen LogP contribution in [0.4, 0.5) is 13.2 Å². The van der Waals surface area contributed by atoms with Crippen molar-refractivity contribution in [3.05, 3.63) is 69.4 Å². The lowest BCUT2D eigenvalue weighted by Crippen LogP contribution is -2.04. The first-order valence-electron chi connectivity index (χ1n) is 5.07. The Labute approximate surface area is 110 Å². The second kappa shape index (κ2) is 5.12. The lowest BCUT2D eigenvalue weighted by atomic mass is 10.0. The molecule has 2 rings (SSSR count). The van der Waals surface area contributed by atoms with Gasteiger partial charge in [0.25, 0.3) is 0 Å². The number of benzene rings is 2. The van der Waals surface area contributed by atoms with Gasteiger partial charge in [-0.2, -0.15) is 0 Å². The Morgan fingerprint density at radius 1 is 0.944 bits per heavy atom. The summed E-state index contributed by atoms with van der Waals surface area (Å²) in [7, 11) is 0. The van der Waals surface area contributed by atoms with Crippen LogP contribution >= 0.6 is 15.9 Å². The Morgan fingerprint density at radius 2 is 1.61 bits per heavy atom. The molecule has 5 heteroatoms. The molecular formula is C13H8BrF3O. The first kappa shape index (κ1) is 13.1. The molecular weight excluding hydrogens is 309 g/mol. The van der Waals surface area contributed by atoms with Crippen molar-refractivity contribution in [2.24, 2.45) is 0 Å². The van der Waals surface area contributed by atoms with Crippen molar-refractivity contribution < 1.29 is 18.3 Å². The van der Waals surface area contributed by atoms with Gasteiger partial charge in [-0.1, -0.05) is 28.1 Å². The van der Waals surface area contributed by atoms with Gasteiger partial charge in [-0.25, -0.2) is 13.2 Å². The molecule has 94 valence electrons. The van der Waals surface area contributed by atoms with E-state index in [2.05, 4.69) is 15.9 Å². The summed E-state index contributed by atoms with van der Waals surface area (Å²) in [5, 5.41) is 9.96. The molecule has 0 saturated carbocycles. The summed E-state index contributed by atoms with van der Waals surface area (Å²) in [6.07, 6.45) is -1.35. The van der Waals surface area contributed by atoms with Gasteiger partial charge >= 0.3 is 0 Å². The number of aliphatic hydroxyl groups excluding tert-OH is 1. The molecule has 0 amide bonds. The van der Waals surface area contributed by atoms with Gasteiger partial charge < -0.3 is 5.11 Å². The number of aliphatic hydroxyl groups is 1. The summed E-state index contributed by atoms with van der Waals surface area (Å²) >= 11 is 3.21. The van der Waals surface area contributed by atoms with E-state index < -0.39 is 23.6 Å². The molecule has 0 fully saturated rings. The van der Waals surface area contributed by atoms with Gasteiger partial charge in [0, 0.05) is 16.1 Å². The van der Waals surface area contributed by atoms with Gasteiger partial charge in [-0.15, -0.1) is 0 Å². The van der Waals surface area contributed by atoms with Gasteiger partial charge in [0.2, 0.25) is 0 Å². The van der Waals surface area contributed by atoms with Crippen molar-refractivity contribution in [2.45, 2.75) is 6.10 Å². The Morgan fingerprint density at radius 3 is 2.28 bits per heavy atom. The predicted octanol–water partition coefficient (Wildman–Crippen LogP) is 3.95. The predicted molar refractivity (Wildman–Crippen MR) is 64.5 cm³/mol. The number of hydrogen-bond donors (Lipinski definition) is 1. The second-order valence-electron chi connectivity index (χ2n) is 3.75. The topological polar surface area (TPSA) is 20.2 Å². The van der Waals surface area contributed by atoms with Crippen LogP contribution < -0.4 is 0 Å². The highest BCUT2D eigenvalue weighted by atomic mass is 79.9. The minimum Gasteiger partial charge on any atom is -0.384 e. The van der Waals surface area contributed by atoms with Crippen LogP contribution in [0.2, 0.25) is 0 Å². The van der Waals surface area contributed by atoms with E-state index in [9.17, 15) is 18.3 Å². The highest BCUT2D eigenvalue weighted by Gasteiger charge is 2.18. The van der Waals surface area contributed by atoms with Crippen molar-refractivity contribution in [2.75, 3.05) is 0 Å². The van der Waals surface area contributed by atoms with E-state index in [1.165, 1.54) is 0 Å². The summed E-state index contributed by atoms with van der Waals surface area (Å²) in [6, 6.07) is 7.61. The third kappa shape index (κ3) is 2.57. The second-order valence-corrected chi connectivity index (χ2v) is 4.66. The fourth-order valence-electron chi connectivity index (χ4n) is 1.60. The van der Waals surface area contributed by atoms with Gasteiger partial charge in [-0.3, -0.25) is 0 Å². The molecule has 1 unspecified atom stereocenters. The summed E-state index contributed by atoms with van der Waals surface area (Å²) < 4.78 is 40.0. The van der Waals surface area contributed by atoms with Crippen LogP contribution in [0.15, 0.2) is 40.9 Å². The van der Waals surface area contributed by atoms with Crippen molar-refractivity contribution in [3.63, 3.8) is 0 Å². The van der Waals surface area contributed by atoms with Crippen LogP contribution in [0.3, 0.4) is 0 Å². The van der Waals surface area contributed by atoms with Crippen LogP contribution in [0, 0.1) is 17.5 Å². The molecule has 0 aliphatic heterocycles. The maximum atomic E-state index is 13.5. The minimum absolute atomic E-state index is 0.299. The SMILES string of the molecule is OC(c1cccc(Br)c1)c1cc(F)c(F)cc1F. The van der Waals surface area contributed by atoms with Crippen molar-refractivity contribution in [1.29, 1.82) is 0 Å². The van der Waals surface area contributed by atoms with E-state index in [-0.39, 0.29) is 5.56 Å². The average molecular weight is 317 g/mol. The van der Waals surface area contributed by atoms with Gasteiger partial charge in [-0.05, 0) is 23.8 Å². The zero-order chi connectivity index (χ0) is 13.3. The maximum absolute atomic E-state index is 13.5. The molecule has 0 aromatic heterocycles. The molecule has 1 nitrogen and oxygen atoms in total. The Bertz CT molecular complexity index is 586. The summed E-state index contributed by atoms with van der Waals surface area (Å²) in [5.41, 5.74) is 0.0845. The molecule has 1 N–H and O–H groups in total. The van der Waals surface area contributed by atoms with Crippen LogP contribution in [0.5, 0.6) is 0 Å². The molecule has 0 spiro atoms. The third-order valence-electron chi connectivity index (χ3n) is 2.50. The molecule has 2 aromatic carbocycles. The van der Waals surface area contributed by atoms with Crippen molar-refractivity contribution >= 4 is 15.9 Å². The Kier molecular flexibility index (Phi) is 3.73. The smallest absolute Gasteiger partial charge is 0.161 e. The van der Waals surface area contributed by atoms with Crippen molar-refractivity contribution in [1.82, 2.24) is 0 Å². The van der Waals surface area contributed by atoms with E-state index in [1.807, 2.05) is 0 Å². The van der Waals surface area contributed by atoms with Crippen LogP contribution in [0.25, 0.3) is 0 Å². The largest absolute Gasteiger partial charge is 0.384 e. The molecule has 0 aliphatic carbocycles. The molecule has 0 bridgehead atoms. The zero-order valence-electron chi connectivity index (χ0n) is 9.00. The maximum Gasteiger partial charge on any atom is 0.161 e. The lowest BCUT2D eigenvalue weighted by molar-refractivity contribution is 0.214. The van der Waals surface area contributed by atoms with Gasteiger partial charge in [0.05, 0.1) is 0 Å². The third-order valence-corrected chi connectivity index (χ3v) is 2.99. The molecule has 1 atom stereocenters. The van der Waals surface area contributed by atoms with E-state index in [0.717, 1.165) is 0 Å². The quantitative estimate of drug-likeness (QED) is 0.832. The van der Waals surface area contributed by atoms with E-state index >= 15 is 0 Å². The number of hydrogen-bond acceptors (Lipinski definition) is 1. The Hall–Kier alpha value is -1.33. The lowest BCUT2D eigenvalue weighted by Gasteiger charge is -2.13. The molecule has 2 aromatic rings. The molecule has 0 radical (unpaired) electrons. The first-order valence-corrected chi connectivity index (χ1v) is 5.86. The molecule has 0 aliphatic rings. The fraction of sp³-hybridized carbons (Fsp3) is 0.0769. The van der Waals surface area contributed by atoms with E-state index in [1.54, 1.807) is 24.3 Å². The Balaban J connectivity index is 2.46. The summed E-state index contributed by atoms with van der Waals surface area (Å²) in [6.45, 7) is 0. The minimum atomic E-state index is -1.35. The fourth-order valence-corrected chi connectivity index (χ4v) is 2.02. The standard InChI is InChI=1S/C13H8BrF3O/c14-8-3-1-2-7(4-8)13(18)9-5-11(16)12(17)6-10(9)15/h1-6,13,18H. The zero-order valence-corrected chi connectivity index (χ0v) is 10.6. The summed E-state index contributed by atoms with van der Waals surface area (Å²) in [5.74, 6) is -3.46. The number of halogens is 4. The van der Waals surface area contributed by atoms with Crippen molar-refractivity contribution in [3.8, 4) is 0 Å². The summed E-state index contributed by atoms with van der Waals surface area (Å²) in [4.78, 5) is 0. The van der Waals surface area contributed by atoms with Gasteiger partial charge in [0.1, 0.15) is 11.9 Å². The van der Waals surface area contributed by atoms with Crippen LogP contribution in [0.1, 0.15) is 17.2 Å². The molecule has 0 saturated heterocycles. The van der Waals surface area contributed by atoms with E-state index in [0.29, 0.717) is 22.2 Å². The van der Waals surface area contributed by atoms with E-state index in [4.69, 9.17) is 0 Å². The first-order chi connectivity index (χ1) is 8.49. The highest BCUT2D eigenvalue weighted by molar-refractivity contribution is 9.10. The number of rotatable bonds is 2. The average Bonchev–Trinajstić information content (AvgIpc) is 2.33.